The summed E-state index contributed by atoms with van der Waals surface area (Å²) < 4.78 is 5.04. The molecule has 1 amide bonds. The van der Waals surface area contributed by atoms with Crippen molar-refractivity contribution in [3.8, 4) is 5.75 Å². The summed E-state index contributed by atoms with van der Waals surface area (Å²) in [6.07, 6.45) is 3.94. The van der Waals surface area contributed by atoms with E-state index in [2.05, 4.69) is 11.9 Å². The highest BCUT2D eigenvalue weighted by Gasteiger charge is 2.04. The normalized spacial score (nSPS) is 9.71. The standard InChI is InChI=1S/C13H18N2O2/c1-3-4-5-6-13(16)15-10-7-8-12(17-2)11(14)9-10/h3,7-9H,1,4-6,14H2,2H3,(H,15,16). The van der Waals surface area contributed by atoms with Gasteiger partial charge in [-0.3, -0.25) is 4.79 Å². The summed E-state index contributed by atoms with van der Waals surface area (Å²) in [7, 11) is 1.55. The van der Waals surface area contributed by atoms with Gasteiger partial charge in [0, 0.05) is 12.1 Å². The second-order valence-electron chi connectivity index (χ2n) is 3.69. The fraction of sp³-hybridized carbons (Fsp3) is 0.308. The zero-order valence-corrected chi connectivity index (χ0v) is 10.0. The van der Waals surface area contributed by atoms with E-state index in [-0.39, 0.29) is 5.91 Å². The summed E-state index contributed by atoms with van der Waals surface area (Å²) in [4.78, 5) is 11.5. The molecule has 0 saturated carbocycles. The van der Waals surface area contributed by atoms with Crippen molar-refractivity contribution >= 4 is 17.3 Å². The minimum absolute atomic E-state index is 0.0172. The van der Waals surface area contributed by atoms with E-state index in [0.717, 1.165) is 12.8 Å². The molecular formula is C13H18N2O2. The van der Waals surface area contributed by atoms with E-state index < -0.39 is 0 Å². The van der Waals surface area contributed by atoms with Crippen LogP contribution in [-0.4, -0.2) is 13.0 Å². The molecule has 0 atom stereocenters. The Bertz CT molecular complexity index is 402. The maximum absolute atomic E-state index is 11.5. The number of ether oxygens (including phenoxy) is 1. The number of allylic oxidation sites excluding steroid dienone is 1. The van der Waals surface area contributed by atoms with Gasteiger partial charge in [0.2, 0.25) is 5.91 Å². The maximum atomic E-state index is 11.5. The molecule has 0 aliphatic rings. The Morgan fingerprint density at radius 3 is 2.94 bits per heavy atom. The number of rotatable bonds is 6. The Morgan fingerprint density at radius 1 is 1.59 bits per heavy atom. The number of hydrogen-bond donors (Lipinski definition) is 2. The first-order valence-corrected chi connectivity index (χ1v) is 5.51. The number of hydrogen-bond acceptors (Lipinski definition) is 3. The molecule has 1 rings (SSSR count). The van der Waals surface area contributed by atoms with Crippen LogP contribution in [0.4, 0.5) is 11.4 Å². The lowest BCUT2D eigenvalue weighted by atomic mass is 10.2. The molecule has 0 fully saturated rings. The Labute approximate surface area is 101 Å². The minimum atomic E-state index is -0.0172. The molecule has 17 heavy (non-hydrogen) atoms. The van der Waals surface area contributed by atoms with E-state index in [4.69, 9.17) is 10.5 Å². The van der Waals surface area contributed by atoms with Crippen molar-refractivity contribution in [1.82, 2.24) is 0 Å². The van der Waals surface area contributed by atoms with Crippen molar-refractivity contribution < 1.29 is 9.53 Å². The maximum Gasteiger partial charge on any atom is 0.224 e. The number of carbonyl (C=O) groups excluding carboxylic acids is 1. The average Bonchev–Trinajstić information content (AvgIpc) is 2.29. The molecule has 0 spiro atoms. The number of benzene rings is 1. The third kappa shape index (κ3) is 4.18. The summed E-state index contributed by atoms with van der Waals surface area (Å²) in [6, 6.07) is 5.18. The quantitative estimate of drug-likeness (QED) is 0.451. The number of anilines is 2. The van der Waals surface area contributed by atoms with Crippen LogP contribution in [0.5, 0.6) is 5.75 Å². The van der Waals surface area contributed by atoms with Crippen molar-refractivity contribution in [2.24, 2.45) is 0 Å². The van der Waals surface area contributed by atoms with Gasteiger partial charge in [0.25, 0.3) is 0 Å². The SMILES string of the molecule is C=CCCCC(=O)Nc1ccc(OC)c(N)c1. The van der Waals surface area contributed by atoms with Crippen molar-refractivity contribution in [3.05, 3.63) is 30.9 Å². The molecule has 92 valence electrons. The first-order chi connectivity index (χ1) is 8.17. The number of nitrogens with one attached hydrogen (secondary N) is 1. The molecule has 1 aromatic carbocycles. The van der Waals surface area contributed by atoms with E-state index in [9.17, 15) is 4.79 Å². The number of unbranched alkanes of at least 4 members (excludes halogenated alkanes) is 1. The molecule has 4 nitrogen and oxygen atoms in total. The lowest BCUT2D eigenvalue weighted by Crippen LogP contribution is -2.11. The topological polar surface area (TPSA) is 64.3 Å². The molecule has 0 aliphatic carbocycles. The number of carbonyl (C=O) groups is 1. The summed E-state index contributed by atoms with van der Waals surface area (Å²) in [5.74, 6) is 0.589. The number of methoxy groups -OCH3 is 1. The van der Waals surface area contributed by atoms with Crippen LogP contribution < -0.4 is 15.8 Å². The largest absolute Gasteiger partial charge is 0.495 e. The minimum Gasteiger partial charge on any atom is -0.495 e. The Kier molecular flexibility index (Phi) is 5.07. The van der Waals surface area contributed by atoms with Crippen LogP contribution in [0.15, 0.2) is 30.9 Å². The molecule has 3 N–H and O–H groups in total. The van der Waals surface area contributed by atoms with Crippen molar-refractivity contribution in [3.63, 3.8) is 0 Å². The summed E-state index contributed by atoms with van der Waals surface area (Å²) in [5.41, 5.74) is 6.94. The average molecular weight is 234 g/mol. The van der Waals surface area contributed by atoms with Gasteiger partial charge in [-0.1, -0.05) is 6.08 Å². The molecule has 1 aromatic rings. The van der Waals surface area contributed by atoms with Crippen LogP contribution in [0.2, 0.25) is 0 Å². The van der Waals surface area contributed by atoms with E-state index in [0.29, 0.717) is 23.5 Å². The number of nitrogen functional groups attached to an aromatic ring is 1. The van der Waals surface area contributed by atoms with Gasteiger partial charge in [-0.2, -0.15) is 0 Å². The van der Waals surface area contributed by atoms with Gasteiger partial charge >= 0.3 is 0 Å². The second kappa shape index (κ2) is 6.58. The van der Waals surface area contributed by atoms with Gasteiger partial charge in [0.15, 0.2) is 0 Å². The zero-order valence-electron chi connectivity index (χ0n) is 10.0. The summed E-state index contributed by atoms with van der Waals surface area (Å²) in [6.45, 7) is 3.61. The molecule has 0 aromatic heterocycles. The molecule has 0 radical (unpaired) electrons. The molecular weight excluding hydrogens is 216 g/mol. The predicted octanol–water partition coefficient (Wildman–Crippen LogP) is 2.57. The van der Waals surface area contributed by atoms with Gasteiger partial charge < -0.3 is 15.8 Å². The van der Waals surface area contributed by atoms with Crippen LogP contribution in [0.3, 0.4) is 0 Å². The van der Waals surface area contributed by atoms with Crippen LogP contribution >= 0.6 is 0 Å². The third-order valence-corrected chi connectivity index (χ3v) is 2.33. The lowest BCUT2D eigenvalue weighted by Gasteiger charge is -2.08. The molecule has 0 bridgehead atoms. The van der Waals surface area contributed by atoms with Crippen molar-refractivity contribution in [2.75, 3.05) is 18.2 Å². The van der Waals surface area contributed by atoms with Crippen molar-refractivity contribution in [2.45, 2.75) is 19.3 Å². The first-order valence-electron chi connectivity index (χ1n) is 5.51. The van der Waals surface area contributed by atoms with Gasteiger partial charge in [0.05, 0.1) is 12.8 Å². The summed E-state index contributed by atoms with van der Waals surface area (Å²) in [5, 5.41) is 2.78. The van der Waals surface area contributed by atoms with Crippen LogP contribution in [-0.2, 0) is 4.79 Å². The zero-order chi connectivity index (χ0) is 12.7. The summed E-state index contributed by atoms with van der Waals surface area (Å²) >= 11 is 0. The molecule has 0 unspecified atom stereocenters. The van der Waals surface area contributed by atoms with Gasteiger partial charge in [-0.15, -0.1) is 6.58 Å². The molecule has 0 heterocycles. The van der Waals surface area contributed by atoms with Crippen molar-refractivity contribution in [1.29, 1.82) is 0 Å². The highest BCUT2D eigenvalue weighted by Crippen LogP contribution is 2.24. The van der Waals surface area contributed by atoms with E-state index in [1.807, 2.05) is 0 Å². The smallest absolute Gasteiger partial charge is 0.224 e. The predicted molar refractivity (Wildman–Crippen MR) is 70.1 cm³/mol. The second-order valence-corrected chi connectivity index (χ2v) is 3.69. The Morgan fingerprint density at radius 2 is 2.35 bits per heavy atom. The van der Waals surface area contributed by atoms with E-state index in [1.165, 1.54) is 0 Å². The van der Waals surface area contributed by atoms with Crippen LogP contribution in [0.1, 0.15) is 19.3 Å². The monoisotopic (exact) mass is 234 g/mol. The lowest BCUT2D eigenvalue weighted by molar-refractivity contribution is -0.116. The first kappa shape index (κ1) is 13.1. The van der Waals surface area contributed by atoms with Crippen LogP contribution in [0.25, 0.3) is 0 Å². The molecule has 0 saturated heterocycles. The van der Waals surface area contributed by atoms with E-state index in [1.54, 1.807) is 31.4 Å². The fourth-order valence-corrected chi connectivity index (χ4v) is 1.44. The van der Waals surface area contributed by atoms with Gasteiger partial charge in [-0.25, -0.2) is 0 Å². The molecule has 4 heteroatoms. The molecule has 0 aliphatic heterocycles. The highest BCUT2D eigenvalue weighted by atomic mass is 16.5. The number of nitrogens with two attached hydrogens (primary N) is 1. The van der Waals surface area contributed by atoms with Gasteiger partial charge in [-0.05, 0) is 31.0 Å². The Hall–Kier alpha value is -1.97. The highest BCUT2D eigenvalue weighted by molar-refractivity contribution is 5.91. The number of amides is 1. The van der Waals surface area contributed by atoms with Gasteiger partial charge in [0.1, 0.15) is 5.75 Å². The third-order valence-electron chi connectivity index (χ3n) is 2.33. The Balaban J connectivity index is 2.53. The fourth-order valence-electron chi connectivity index (χ4n) is 1.44. The van der Waals surface area contributed by atoms with E-state index >= 15 is 0 Å². The van der Waals surface area contributed by atoms with Crippen LogP contribution in [0, 0.1) is 0 Å².